The molecule has 4 aromatic rings. The number of amides is 1. The summed E-state index contributed by atoms with van der Waals surface area (Å²) in [5, 5.41) is 3.98. The summed E-state index contributed by atoms with van der Waals surface area (Å²) in [4.78, 5) is 19.8. The average molecular weight is 367 g/mol. The number of carbonyl (C=O) groups excluding carboxylic acids is 1. The molecule has 0 atom stereocenters. The van der Waals surface area contributed by atoms with E-state index in [2.05, 4.69) is 34.3 Å². The molecule has 2 N–H and O–H groups in total. The van der Waals surface area contributed by atoms with E-state index in [1.54, 1.807) is 6.08 Å². The molecule has 4 rings (SSSR count). The van der Waals surface area contributed by atoms with Crippen LogP contribution >= 0.6 is 0 Å². The third kappa shape index (κ3) is 3.86. The van der Waals surface area contributed by atoms with Crippen molar-refractivity contribution in [1.82, 2.24) is 9.97 Å². The highest BCUT2D eigenvalue weighted by Crippen LogP contribution is 2.23. The Kier molecular flexibility index (Phi) is 4.77. The molecule has 2 heterocycles. The number of aromatic nitrogens is 2. The minimum Gasteiger partial charge on any atom is -0.346 e. The highest BCUT2D eigenvalue weighted by molar-refractivity contribution is 6.02. The molecular formula is C24H21N3O. The lowest BCUT2D eigenvalue weighted by atomic mass is 10.0. The summed E-state index contributed by atoms with van der Waals surface area (Å²) >= 11 is 0. The Balaban J connectivity index is 1.50. The molecule has 0 unspecified atom stereocenters. The SMILES string of the molecule is Cc1ccc(NC(=O)/C=C/c2cccc(-c3cnc4[nH]ccc4c3)c2)cc1C. The Morgan fingerprint density at radius 3 is 2.75 bits per heavy atom. The van der Waals surface area contributed by atoms with Crippen LogP contribution in [-0.4, -0.2) is 15.9 Å². The number of H-pyrrole nitrogens is 1. The van der Waals surface area contributed by atoms with Crippen molar-refractivity contribution in [1.29, 1.82) is 0 Å². The molecule has 0 saturated carbocycles. The van der Waals surface area contributed by atoms with Gasteiger partial charge in [0.2, 0.25) is 5.91 Å². The highest BCUT2D eigenvalue weighted by Gasteiger charge is 2.03. The highest BCUT2D eigenvalue weighted by atomic mass is 16.1. The first-order valence-corrected chi connectivity index (χ1v) is 9.18. The van der Waals surface area contributed by atoms with Crippen LogP contribution in [0.15, 0.2) is 73.1 Å². The zero-order chi connectivity index (χ0) is 19.5. The number of nitrogens with zero attached hydrogens (tertiary/aromatic N) is 1. The molecule has 4 nitrogen and oxygen atoms in total. The molecule has 0 radical (unpaired) electrons. The number of hydrogen-bond donors (Lipinski definition) is 2. The lowest BCUT2D eigenvalue weighted by molar-refractivity contribution is -0.111. The van der Waals surface area contributed by atoms with Crippen molar-refractivity contribution < 1.29 is 4.79 Å². The molecule has 0 aliphatic rings. The second-order valence-corrected chi connectivity index (χ2v) is 6.89. The van der Waals surface area contributed by atoms with E-state index in [9.17, 15) is 4.79 Å². The number of nitrogens with one attached hydrogen (secondary N) is 2. The summed E-state index contributed by atoms with van der Waals surface area (Å²) in [6.45, 7) is 4.09. The Hall–Kier alpha value is -3.66. The molecule has 0 spiro atoms. The van der Waals surface area contributed by atoms with Crippen LogP contribution in [0.25, 0.3) is 28.2 Å². The van der Waals surface area contributed by atoms with E-state index in [0.29, 0.717) is 0 Å². The monoisotopic (exact) mass is 367 g/mol. The van der Waals surface area contributed by atoms with Crippen LogP contribution in [0.5, 0.6) is 0 Å². The Morgan fingerprint density at radius 2 is 1.89 bits per heavy atom. The van der Waals surface area contributed by atoms with Crippen molar-refractivity contribution in [2.24, 2.45) is 0 Å². The van der Waals surface area contributed by atoms with Gasteiger partial charge in [0.25, 0.3) is 0 Å². The fourth-order valence-electron chi connectivity index (χ4n) is 3.09. The number of carbonyl (C=O) groups is 1. The van der Waals surface area contributed by atoms with Crippen LogP contribution in [0.2, 0.25) is 0 Å². The summed E-state index contributed by atoms with van der Waals surface area (Å²) in [6.07, 6.45) is 7.12. The lowest BCUT2D eigenvalue weighted by Crippen LogP contribution is -2.07. The summed E-state index contributed by atoms with van der Waals surface area (Å²) in [6, 6.07) is 18.1. The molecular weight excluding hydrogens is 346 g/mol. The van der Waals surface area contributed by atoms with E-state index in [4.69, 9.17) is 0 Å². The fraction of sp³-hybridized carbons (Fsp3) is 0.0833. The lowest BCUT2D eigenvalue weighted by Gasteiger charge is -2.06. The molecule has 0 aliphatic carbocycles. The number of aryl methyl sites for hydroxylation is 2. The van der Waals surface area contributed by atoms with Crippen molar-refractivity contribution in [3.63, 3.8) is 0 Å². The third-order valence-electron chi connectivity index (χ3n) is 4.82. The van der Waals surface area contributed by atoms with Crippen LogP contribution in [0.1, 0.15) is 16.7 Å². The van der Waals surface area contributed by atoms with E-state index in [0.717, 1.165) is 39.0 Å². The quantitative estimate of drug-likeness (QED) is 0.468. The van der Waals surface area contributed by atoms with Crippen molar-refractivity contribution in [3.8, 4) is 11.1 Å². The zero-order valence-electron chi connectivity index (χ0n) is 15.9. The minimum absolute atomic E-state index is 0.149. The van der Waals surface area contributed by atoms with E-state index in [1.165, 1.54) is 5.56 Å². The maximum atomic E-state index is 12.2. The van der Waals surface area contributed by atoms with Crippen LogP contribution in [0.3, 0.4) is 0 Å². The van der Waals surface area contributed by atoms with Crippen LogP contribution in [-0.2, 0) is 4.79 Å². The third-order valence-corrected chi connectivity index (χ3v) is 4.82. The van der Waals surface area contributed by atoms with Gasteiger partial charge in [-0.05, 0) is 72.5 Å². The molecule has 4 heteroatoms. The molecule has 138 valence electrons. The van der Waals surface area contributed by atoms with Gasteiger partial charge in [-0.15, -0.1) is 0 Å². The molecule has 0 fully saturated rings. The molecule has 1 amide bonds. The van der Waals surface area contributed by atoms with Gasteiger partial charge in [0.15, 0.2) is 0 Å². The van der Waals surface area contributed by atoms with Crippen LogP contribution < -0.4 is 5.32 Å². The summed E-state index contributed by atoms with van der Waals surface area (Å²) < 4.78 is 0. The molecule has 2 aromatic carbocycles. The van der Waals surface area contributed by atoms with Crippen LogP contribution in [0, 0.1) is 13.8 Å². The largest absolute Gasteiger partial charge is 0.346 e. The summed E-state index contributed by atoms with van der Waals surface area (Å²) in [5.74, 6) is -0.149. The van der Waals surface area contributed by atoms with Gasteiger partial charge in [0.1, 0.15) is 5.65 Å². The van der Waals surface area contributed by atoms with Crippen LogP contribution in [0.4, 0.5) is 5.69 Å². The van der Waals surface area contributed by atoms with Gasteiger partial charge in [-0.1, -0.05) is 24.3 Å². The number of anilines is 1. The second kappa shape index (κ2) is 7.53. The van der Waals surface area contributed by atoms with E-state index < -0.39 is 0 Å². The van der Waals surface area contributed by atoms with E-state index in [-0.39, 0.29) is 5.91 Å². The van der Waals surface area contributed by atoms with Crippen molar-refractivity contribution in [2.75, 3.05) is 5.32 Å². The Morgan fingerprint density at radius 1 is 1.00 bits per heavy atom. The topological polar surface area (TPSA) is 57.8 Å². The summed E-state index contributed by atoms with van der Waals surface area (Å²) in [5.41, 5.74) is 7.11. The van der Waals surface area contributed by atoms with E-state index in [1.807, 2.05) is 67.9 Å². The van der Waals surface area contributed by atoms with Gasteiger partial charge in [-0.25, -0.2) is 4.98 Å². The number of hydrogen-bond acceptors (Lipinski definition) is 2. The van der Waals surface area contributed by atoms with Crippen molar-refractivity contribution in [2.45, 2.75) is 13.8 Å². The van der Waals surface area contributed by atoms with Gasteiger partial charge in [0, 0.05) is 35.1 Å². The van der Waals surface area contributed by atoms with Crippen molar-refractivity contribution >= 4 is 28.7 Å². The van der Waals surface area contributed by atoms with Crippen molar-refractivity contribution in [3.05, 3.63) is 89.8 Å². The smallest absolute Gasteiger partial charge is 0.248 e. The molecule has 0 aliphatic heterocycles. The predicted octanol–water partition coefficient (Wildman–Crippen LogP) is 5.50. The molecule has 28 heavy (non-hydrogen) atoms. The number of fused-ring (bicyclic) bond motifs is 1. The molecule has 2 aromatic heterocycles. The van der Waals surface area contributed by atoms with E-state index >= 15 is 0 Å². The second-order valence-electron chi connectivity index (χ2n) is 6.89. The first kappa shape index (κ1) is 17.7. The first-order valence-electron chi connectivity index (χ1n) is 9.18. The Bertz CT molecular complexity index is 1190. The first-order chi connectivity index (χ1) is 13.6. The number of benzene rings is 2. The average Bonchev–Trinajstić information content (AvgIpc) is 3.17. The minimum atomic E-state index is -0.149. The Labute approximate surface area is 164 Å². The summed E-state index contributed by atoms with van der Waals surface area (Å²) in [7, 11) is 0. The van der Waals surface area contributed by atoms with Gasteiger partial charge in [-0.2, -0.15) is 0 Å². The fourth-order valence-corrected chi connectivity index (χ4v) is 3.09. The molecule has 0 saturated heterocycles. The maximum absolute atomic E-state index is 12.2. The normalized spacial score (nSPS) is 11.2. The van der Waals surface area contributed by atoms with Gasteiger partial charge in [-0.3, -0.25) is 4.79 Å². The van der Waals surface area contributed by atoms with Gasteiger partial charge < -0.3 is 10.3 Å². The standard InChI is InChI=1S/C24H21N3O/c1-16-6-8-22(12-17(16)2)27-23(28)9-7-18-4-3-5-19(13-18)21-14-20-10-11-25-24(20)26-15-21/h3-15H,1-2H3,(H,25,26)(H,27,28)/b9-7+. The predicted molar refractivity (Wildman–Crippen MR) is 115 cm³/mol. The number of rotatable bonds is 4. The molecule has 0 bridgehead atoms. The zero-order valence-corrected chi connectivity index (χ0v) is 15.9. The van der Waals surface area contributed by atoms with Gasteiger partial charge >= 0.3 is 0 Å². The maximum Gasteiger partial charge on any atom is 0.248 e. The number of pyridine rings is 1. The van der Waals surface area contributed by atoms with Gasteiger partial charge in [0.05, 0.1) is 0 Å². The number of aromatic amines is 1.